The summed E-state index contributed by atoms with van der Waals surface area (Å²) in [6.07, 6.45) is 3.36. The van der Waals surface area contributed by atoms with E-state index in [1.54, 1.807) is 0 Å². The van der Waals surface area contributed by atoms with Gasteiger partial charge >= 0.3 is 0 Å². The lowest BCUT2D eigenvalue weighted by molar-refractivity contribution is 0.388. The van der Waals surface area contributed by atoms with Crippen LogP contribution in [-0.4, -0.2) is 22.6 Å². The molecule has 2 heterocycles. The molecule has 0 amide bonds. The summed E-state index contributed by atoms with van der Waals surface area (Å²) in [5.74, 6) is 3.14. The van der Waals surface area contributed by atoms with Gasteiger partial charge in [-0.15, -0.1) is 0 Å². The van der Waals surface area contributed by atoms with Crippen LogP contribution in [0.1, 0.15) is 39.4 Å². The van der Waals surface area contributed by atoms with Crippen LogP contribution in [0.3, 0.4) is 0 Å². The highest BCUT2D eigenvalue weighted by molar-refractivity contribution is 5.48. The van der Waals surface area contributed by atoms with Crippen molar-refractivity contribution < 1.29 is 0 Å². The number of nitrogens with zero attached hydrogens (tertiary/aromatic N) is 3. The van der Waals surface area contributed by atoms with Gasteiger partial charge in [-0.25, -0.2) is 9.97 Å². The van der Waals surface area contributed by atoms with Crippen LogP contribution in [0.2, 0.25) is 0 Å². The molecule has 1 saturated heterocycles. The number of piperidine rings is 1. The Morgan fingerprint density at radius 2 is 2.12 bits per heavy atom. The average molecular weight is 234 g/mol. The molecule has 2 rings (SSSR count). The fraction of sp³-hybridized carbons (Fsp3) is 0.692. The molecule has 1 fully saturated rings. The van der Waals surface area contributed by atoms with Gasteiger partial charge in [0.2, 0.25) is 0 Å². The van der Waals surface area contributed by atoms with Crippen LogP contribution in [0.5, 0.6) is 0 Å². The Hall–Kier alpha value is -1.32. The van der Waals surface area contributed by atoms with E-state index in [4.69, 9.17) is 5.73 Å². The van der Waals surface area contributed by atoms with Gasteiger partial charge in [0.1, 0.15) is 17.5 Å². The van der Waals surface area contributed by atoms with Gasteiger partial charge in [-0.05, 0) is 25.7 Å². The summed E-state index contributed by atoms with van der Waals surface area (Å²) in [6, 6.07) is 2.44. The number of nitrogens with two attached hydrogens (primary N) is 1. The van der Waals surface area contributed by atoms with Crippen molar-refractivity contribution in [2.75, 3.05) is 17.2 Å². The van der Waals surface area contributed by atoms with E-state index in [1.165, 1.54) is 12.8 Å². The molecule has 94 valence electrons. The molecule has 4 nitrogen and oxygen atoms in total. The molecule has 0 aliphatic carbocycles. The van der Waals surface area contributed by atoms with Crippen LogP contribution in [0.4, 0.5) is 11.6 Å². The van der Waals surface area contributed by atoms with Gasteiger partial charge < -0.3 is 10.6 Å². The highest BCUT2D eigenvalue weighted by Crippen LogP contribution is 2.26. The molecule has 0 saturated carbocycles. The Morgan fingerprint density at radius 3 is 2.82 bits per heavy atom. The van der Waals surface area contributed by atoms with E-state index in [-0.39, 0.29) is 0 Å². The summed E-state index contributed by atoms with van der Waals surface area (Å²) in [6.45, 7) is 7.68. The smallest absolute Gasteiger partial charge is 0.134 e. The van der Waals surface area contributed by atoms with Crippen molar-refractivity contribution in [2.45, 2.75) is 46.1 Å². The molecule has 0 aromatic carbocycles. The third kappa shape index (κ3) is 2.68. The highest BCUT2D eigenvalue weighted by atomic mass is 15.2. The first-order valence-electron chi connectivity index (χ1n) is 6.50. The summed E-state index contributed by atoms with van der Waals surface area (Å²) < 4.78 is 0. The standard InChI is InChI=1S/C13H22N4/c1-4-12-15-11(14)7-13(16-12)17-8-9(2)5-6-10(17)3/h7,9-10H,4-6,8H2,1-3H3,(H2,14,15,16). The fourth-order valence-corrected chi connectivity index (χ4v) is 2.42. The zero-order chi connectivity index (χ0) is 12.4. The van der Waals surface area contributed by atoms with E-state index >= 15 is 0 Å². The van der Waals surface area contributed by atoms with E-state index in [9.17, 15) is 0 Å². The maximum Gasteiger partial charge on any atom is 0.134 e. The summed E-state index contributed by atoms with van der Waals surface area (Å²) >= 11 is 0. The van der Waals surface area contributed by atoms with E-state index in [2.05, 4.69) is 35.6 Å². The third-order valence-electron chi connectivity index (χ3n) is 3.51. The number of aromatic nitrogens is 2. The third-order valence-corrected chi connectivity index (χ3v) is 3.51. The molecule has 1 aliphatic heterocycles. The minimum atomic E-state index is 0.546. The van der Waals surface area contributed by atoms with Gasteiger partial charge in [0.15, 0.2) is 0 Å². The molecule has 0 bridgehead atoms. The lowest BCUT2D eigenvalue weighted by Gasteiger charge is -2.37. The van der Waals surface area contributed by atoms with Crippen molar-refractivity contribution in [3.05, 3.63) is 11.9 Å². The molecular formula is C13H22N4. The lowest BCUT2D eigenvalue weighted by atomic mass is 9.95. The monoisotopic (exact) mass is 234 g/mol. The first-order chi connectivity index (χ1) is 8.10. The van der Waals surface area contributed by atoms with Crippen molar-refractivity contribution in [2.24, 2.45) is 5.92 Å². The Bertz CT molecular complexity index is 391. The van der Waals surface area contributed by atoms with E-state index in [1.807, 2.05) is 6.07 Å². The van der Waals surface area contributed by atoms with Crippen molar-refractivity contribution in [1.29, 1.82) is 0 Å². The lowest BCUT2D eigenvalue weighted by Crippen LogP contribution is -2.41. The molecule has 2 N–H and O–H groups in total. The molecule has 0 radical (unpaired) electrons. The SMILES string of the molecule is CCc1nc(N)cc(N2CC(C)CCC2C)n1. The molecule has 1 aromatic rings. The van der Waals surface area contributed by atoms with E-state index in [0.717, 1.165) is 30.5 Å². The zero-order valence-electron chi connectivity index (χ0n) is 11.0. The molecule has 1 aliphatic rings. The second kappa shape index (κ2) is 4.90. The molecule has 2 atom stereocenters. The summed E-state index contributed by atoms with van der Waals surface area (Å²) in [4.78, 5) is 11.2. The Labute approximate surface area is 103 Å². The summed E-state index contributed by atoms with van der Waals surface area (Å²) in [7, 11) is 0. The predicted molar refractivity (Wildman–Crippen MR) is 71.0 cm³/mol. The second-order valence-corrected chi connectivity index (χ2v) is 5.10. The molecule has 4 heteroatoms. The van der Waals surface area contributed by atoms with Crippen LogP contribution in [0, 0.1) is 5.92 Å². The van der Waals surface area contributed by atoms with Gasteiger partial charge in [-0.2, -0.15) is 0 Å². The van der Waals surface area contributed by atoms with Crippen LogP contribution >= 0.6 is 0 Å². The molecule has 17 heavy (non-hydrogen) atoms. The predicted octanol–water partition coefficient (Wildman–Crippen LogP) is 2.25. The van der Waals surface area contributed by atoms with Gasteiger partial charge in [0, 0.05) is 25.1 Å². The number of rotatable bonds is 2. The van der Waals surface area contributed by atoms with Gasteiger partial charge in [-0.1, -0.05) is 13.8 Å². The first-order valence-corrected chi connectivity index (χ1v) is 6.50. The molecular weight excluding hydrogens is 212 g/mol. The quantitative estimate of drug-likeness (QED) is 0.852. The molecule has 1 aromatic heterocycles. The maximum atomic E-state index is 5.84. The Kier molecular flexibility index (Phi) is 3.50. The van der Waals surface area contributed by atoms with Gasteiger partial charge in [0.25, 0.3) is 0 Å². The highest BCUT2D eigenvalue weighted by Gasteiger charge is 2.24. The van der Waals surface area contributed by atoms with Crippen molar-refractivity contribution >= 4 is 11.6 Å². The van der Waals surface area contributed by atoms with Crippen LogP contribution in [0.25, 0.3) is 0 Å². The number of anilines is 2. The summed E-state index contributed by atoms with van der Waals surface area (Å²) in [5.41, 5.74) is 5.84. The zero-order valence-corrected chi connectivity index (χ0v) is 11.0. The number of aryl methyl sites for hydroxylation is 1. The Morgan fingerprint density at radius 1 is 1.35 bits per heavy atom. The van der Waals surface area contributed by atoms with Crippen LogP contribution in [0.15, 0.2) is 6.07 Å². The van der Waals surface area contributed by atoms with Crippen molar-refractivity contribution in [1.82, 2.24) is 9.97 Å². The van der Waals surface area contributed by atoms with Crippen molar-refractivity contribution in [3.63, 3.8) is 0 Å². The van der Waals surface area contributed by atoms with Crippen LogP contribution in [-0.2, 0) is 6.42 Å². The largest absolute Gasteiger partial charge is 0.384 e. The van der Waals surface area contributed by atoms with E-state index < -0.39 is 0 Å². The van der Waals surface area contributed by atoms with Crippen LogP contribution < -0.4 is 10.6 Å². The molecule has 2 unspecified atom stereocenters. The normalized spacial score (nSPS) is 25.0. The maximum absolute atomic E-state index is 5.84. The van der Waals surface area contributed by atoms with E-state index in [0.29, 0.717) is 11.9 Å². The number of hydrogen-bond acceptors (Lipinski definition) is 4. The minimum absolute atomic E-state index is 0.546. The minimum Gasteiger partial charge on any atom is -0.384 e. The summed E-state index contributed by atoms with van der Waals surface area (Å²) in [5, 5.41) is 0. The average Bonchev–Trinajstić information content (AvgIpc) is 2.31. The van der Waals surface area contributed by atoms with Gasteiger partial charge in [-0.3, -0.25) is 0 Å². The fourth-order valence-electron chi connectivity index (χ4n) is 2.42. The number of hydrogen-bond donors (Lipinski definition) is 1. The Balaban J connectivity index is 2.28. The number of nitrogen functional groups attached to an aromatic ring is 1. The second-order valence-electron chi connectivity index (χ2n) is 5.10. The van der Waals surface area contributed by atoms with Gasteiger partial charge in [0.05, 0.1) is 0 Å². The first kappa shape index (κ1) is 12.1. The topological polar surface area (TPSA) is 55.0 Å². The van der Waals surface area contributed by atoms with Crippen molar-refractivity contribution in [3.8, 4) is 0 Å². The molecule has 0 spiro atoms.